The van der Waals surface area contributed by atoms with Gasteiger partial charge in [-0.1, -0.05) is 6.07 Å². The summed E-state index contributed by atoms with van der Waals surface area (Å²) in [6.07, 6.45) is 1.50. The summed E-state index contributed by atoms with van der Waals surface area (Å²) in [5.74, 6) is 0.250. The van der Waals surface area contributed by atoms with Crippen molar-refractivity contribution in [2.45, 2.75) is 17.7 Å². The first kappa shape index (κ1) is 18.4. The molecule has 1 aliphatic heterocycles. The Kier molecular flexibility index (Phi) is 6.79. The number of amides is 1. The summed E-state index contributed by atoms with van der Waals surface area (Å²) in [4.78, 5) is 15.7. The normalized spacial score (nSPS) is 14.0. The number of hydrogen-bond donors (Lipinski definition) is 3. The molecule has 1 aliphatic rings. The number of carbonyl (C=O) groups excluding carboxylic acids is 1. The molecule has 1 amide bonds. The standard InChI is InChI=1S/C13H18N4O3S.ClH/c1-14-9-13(18)16-10-4-2-5-11(8-10)21(19,20)17-12-6-3-7-15-12;/h2,4-5,8,14H,3,6-7,9H2,1H3,(H,15,17)(H,16,18);1H. The van der Waals surface area contributed by atoms with Gasteiger partial charge in [-0.2, -0.15) is 0 Å². The molecule has 0 atom stereocenters. The van der Waals surface area contributed by atoms with Crippen molar-refractivity contribution in [1.29, 1.82) is 0 Å². The average molecular weight is 347 g/mol. The smallest absolute Gasteiger partial charge is 0.262 e. The topological polar surface area (TPSA) is 99.7 Å². The average Bonchev–Trinajstić information content (AvgIpc) is 2.91. The zero-order valence-electron chi connectivity index (χ0n) is 12.1. The molecular weight excluding hydrogens is 328 g/mol. The number of benzene rings is 1. The number of likely N-dealkylation sites (N-methyl/N-ethyl adjacent to an activating group) is 1. The van der Waals surface area contributed by atoms with E-state index >= 15 is 0 Å². The molecule has 1 heterocycles. The molecule has 0 bridgehead atoms. The Hall–Kier alpha value is -1.64. The molecule has 0 radical (unpaired) electrons. The number of anilines is 1. The van der Waals surface area contributed by atoms with Crippen LogP contribution in [-0.4, -0.2) is 40.3 Å². The fraction of sp³-hybridized carbons (Fsp3) is 0.385. The summed E-state index contributed by atoms with van der Waals surface area (Å²) < 4.78 is 26.9. The van der Waals surface area contributed by atoms with E-state index in [9.17, 15) is 13.2 Å². The van der Waals surface area contributed by atoms with Crippen LogP contribution in [-0.2, 0) is 14.8 Å². The van der Waals surface area contributed by atoms with Crippen LogP contribution >= 0.6 is 12.4 Å². The summed E-state index contributed by atoms with van der Waals surface area (Å²) in [5, 5.41) is 5.35. The summed E-state index contributed by atoms with van der Waals surface area (Å²) in [6, 6.07) is 6.12. The van der Waals surface area contributed by atoms with Crippen molar-refractivity contribution < 1.29 is 13.2 Å². The molecule has 1 aromatic rings. The van der Waals surface area contributed by atoms with E-state index in [-0.39, 0.29) is 29.8 Å². The summed E-state index contributed by atoms with van der Waals surface area (Å²) in [7, 11) is -2.00. The molecule has 3 N–H and O–H groups in total. The summed E-state index contributed by atoms with van der Waals surface area (Å²) in [5.41, 5.74) is 0.437. The quantitative estimate of drug-likeness (QED) is 0.732. The van der Waals surface area contributed by atoms with Crippen molar-refractivity contribution in [2.24, 2.45) is 4.99 Å². The van der Waals surface area contributed by atoms with Gasteiger partial charge in [0.2, 0.25) is 5.91 Å². The third-order valence-electron chi connectivity index (χ3n) is 2.89. The van der Waals surface area contributed by atoms with Gasteiger partial charge in [0.05, 0.1) is 11.4 Å². The maximum Gasteiger partial charge on any atom is 0.262 e. The lowest BCUT2D eigenvalue weighted by Gasteiger charge is -2.10. The van der Waals surface area contributed by atoms with Gasteiger partial charge in [-0.05, 0) is 31.7 Å². The predicted molar refractivity (Wildman–Crippen MR) is 88.1 cm³/mol. The lowest BCUT2D eigenvalue weighted by molar-refractivity contribution is -0.115. The van der Waals surface area contributed by atoms with Crippen molar-refractivity contribution in [3.63, 3.8) is 0 Å². The number of nitrogens with one attached hydrogen (secondary N) is 3. The van der Waals surface area contributed by atoms with E-state index < -0.39 is 10.0 Å². The van der Waals surface area contributed by atoms with E-state index in [0.717, 1.165) is 6.42 Å². The molecule has 0 aromatic heterocycles. The number of rotatable bonds is 5. The maximum absolute atomic E-state index is 12.2. The molecule has 122 valence electrons. The lowest BCUT2D eigenvalue weighted by atomic mass is 10.3. The van der Waals surface area contributed by atoms with Crippen LogP contribution in [0.15, 0.2) is 34.2 Å². The number of aliphatic imine (C=N–C) groups is 1. The van der Waals surface area contributed by atoms with Gasteiger partial charge in [-0.25, -0.2) is 8.42 Å². The van der Waals surface area contributed by atoms with Crippen LogP contribution in [0.2, 0.25) is 0 Å². The van der Waals surface area contributed by atoms with Crippen molar-refractivity contribution in [3.8, 4) is 0 Å². The largest absolute Gasteiger partial charge is 0.325 e. The third kappa shape index (κ3) is 4.97. The first-order chi connectivity index (χ1) is 10.0. The van der Waals surface area contributed by atoms with Crippen LogP contribution in [0, 0.1) is 0 Å². The fourth-order valence-corrected chi connectivity index (χ4v) is 3.08. The van der Waals surface area contributed by atoms with Gasteiger partial charge >= 0.3 is 0 Å². The van der Waals surface area contributed by atoms with Crippen molar-refractivity contribution in [3.05, 3.63) is 24.3 Å². The minimum atomic E-state index is -3.66. The number of hydrogen-bond acceptors (Lipinski definition) is 5. The summed E-state index contributed by atoms with van der Waals surface area (Å²) >= 11 is 0. The zero-order chi connectivity index (χ0) is 15.3. The van der Waals surface area contributed by atoms with E-state index in [4.69, 9.17) is 0 Å². The third-order valence-corrected chi connectivity index (χ3v) is 4.27. The highest BCUT2D eigenvalue weighted by atomic mass is 35.5. The van der Waals surface area contributed by atoms with E-state index in [1.807, 2.05) is 0 Å². The second kappa shape index (κ2) is 8.11. The molecule has 9 heteroatoms. The molecule has 0 unspecified atom stereocenters. The molecule has 0 spiro atoms. The zero-order valence-corrected chi connectivity index (χ0v) is 13.8. The minimum absolute atomic E-state index is 0. The maximum atomic E-state index is 12.2. The second-order valence-corrected chi connectivity index (χ2v) is 6.33. The van der Waals surface area contributed by atoms with Crippen LogP contribution in [0.1, 0.15) is 12.8 Å². The van der Waals surface area contributed by atoms with E-state index in [2.05, 4.69) is 20.3 Å². The summed E-state index contributed by atoms with van der Waals surface area (Å²) in [6.45, 7) is 0.810. The van der Waals surface area contributed by atoms with Crippen molar-refractivity contribution in [2.75, 3.05) is 25.5 Å². The van der Waals surface area contributed by atoms with Crippen LogP contribution in [0.4, 0.5) is 5.69 Å². The highest BCUT2D eigenvalue weighted by molar-refractivity contribution is 7.90. The molecule has 2 rings (SSSR count). The van der Waals surface area contributed by atoms with Crippen LogP contribution in [0.5, 0.6) is 0 Å². The van der Waals surface area contributed by atoms with E-state index in [1.165, 1.54) is 12.1 Å². The SMILES string of the molecule is CNCC(=O)Nc1cccc(S(=O)(=O)NC2=NCCC2)c1.Cl. The Morgan fingerprint density at radius 1 is 1.36 bits per heavy atom. The van der Waals surface area contributed by atoms with Gasteiger partial charge in [0, 0.05) is 18.7 Å². The van der Waals surface area contributed by atoms with Gasteiger partial charge in [-0.3, -0.25) is 14.5 Å². The van der Waals surface area contributed by atoms with Gasteiger partial charge in [0.25, 0.3) is 10.0 Å². The van der Waals surface area contributed by atoms with Crippen molar-refractivity contribution >= 4 is 39.9 Å². The molecule has 0 saturated heterocycles. The fourth-order valence-electron chi connectivity index (χ4n) is 1.94. The Morgan fingerprint density at radius 3 is 2.77 bits per heavy atom. The predicted octanol–water partition coefficient (Wildman–Crippen LogP) is 0.737. The molecule has 1 aromatic carbocycles. The Balaban J connectivity index is 0.00000242. The highest BCUT2D eigenvalue weighted by Crippen LogP contribution is 2.16. The molecule has 22 heavy (non-hydrogen) atoms. The molecular formula is C13H19ClN4O3S. The lowest BCUT2D eigenvalue weighted by Crippen LogP contribution is -2.29. The molecule has 7 nitrogen and oxygen atoms in total. The monoisotopic (exact) mass is 346 g/mol. The molecule has 0 aliphatic carbocycles. The minimum Gasteiger partial charge on any atom is -0.325 e. The number of carbonyl (C=O) groups is 1. The Morgan fingerprint density at radius 2 is 2.14 bits per heavy atom. The van der Waals surface area contributed by atoms with Gasteiger partial charge < -0.3 is 10.6 Å². The molecule has 0 fully saturated rings. The van der Waals surface area contributed by atoms with Crippen LogP contribution < -0.4 is 15.4 Å². The van der Waals surface area contributed by atoms with Gasteiger partial charge in [0.15, 0.2) is 0 Å². The number of sulfonamides is 1. The second-order valence-electron chi connectivity index (χ2n) is 4.64. The molecule has 0 saturated carbocycles. The Bertz CT molecular complexity index is 661. The Labute approximate surface area is 136 Å². The first-order valence-corrected chi connectivity index (χ1v) is 8.10. The number of halogens is 1. The van der Waals surface area contributed by atoms with Crippen LogP contribution in [0.3, 0.4) is 0 Å². The van der Waals surface area contributed by atoms with Crippen molar-refractivity contribution in [1.82, 2.24) is 10.0 Å². The van der Waals surface area contributed by atoms with E-state index in [1.54, 1.807) is 19.2 Å². The van der Waals surface area contributed by atoms with Gasteiger partial charge in [0.1, 0.15) is 5.84 Å². The number of amidine groups is 1. The van der Waals surface area contributed by atoms with Gasteiger partial charge in [-0.15, -0.1) is 12.4 Å². The first-order valence-electron chi connectivity index (χ1n) is 6.62. The number of nitrogens with zero attached hydrogens (tertiary/aromatic N) is 1. The van der Waals surface area contributed by atoms with E-state index in [0.29, 0.717) is 24.5 Å². The van der Waals surface area contributed by atoms with Crippen LogP contribution in [0.25, 0.3) is 0 Å². The highest BCUT2D eigenvalue weighted by Gasteiger charge is 2.18.